The Morgan fingerprint density at radius 1 is 0.567 bits per heavy atom. The smallest absolute Gasteiger partial charge is 0.251 e. The maximum Gasteiger partial charge on any atom is 0.251 e. The molecule has 148 valence electrons. The SMILES string of the molecule is O=C(/C=C\c1ccccc1)N1CCN(C(=O)/C=C\c2ccccc2)c2ccccc21. The lowest BCUT2D eigenvalue weighted by molar-refractivity contribution is -0.115. The van der Waals surface area contributed by atoms with Gasteiger partial charge in [0.2, 0.25) is 0 Å². The number of hydrogen-bond donors (Lipinski definition) is 0. The predicted octanol–water partition coefficient (Wildman–Crippen LogP) is 4.79. The van der Waals surface area contributed by atoms with Crippen LogP contribution < -0.4 is 9.80 Å². The second-order valence-electron chi connectivity index (χ2n) is 6.96. The molecule has 4 rings (SSSR count). The van der Waals surface area contributed by atoms with E-state index in [0.717, 1.165) is 22.5 Å². The highest BCUT2D eigenvalue weighted by molar-refractivity contribution is 6.11. The summed E-state index contributed by atoms with van der Waals surface area (Å²) in [6, 6.07) is 27.0. The Morgan fingerprint density at radius 3 is 1.33 bits per heavy atom. The topological polar surface area (TPSA) is 40.6 Å². The van der Waals surface area contributed by atoms with Gasteiger partial charge in [-0.3, -0.25) is 9.59 Å². The van der Waals surface area contributed by atoms with E-state index in [-0.39, 0.29) is 11.8 Å². The Hall–Kier alpha value is -3.92. The minimum atomic E-state index is -0.0989. The standard InChI is InChI=1S/C26H22N2O2/c29-25(17-15-21-9-3-1-4-10-21)27-19-20-28(24-14-8-7-13-23(24)27)26(30)18-16-22-11-5-2-6-12-22/h1-18H,19-20H2/b17-15-,18-16-. The molecule has 0 saturated heterocycles. The molecule has 0 aromatic heterocycles. The number of amides is 2. The molecule has 0 spiro atoms. The second-order valence-corrected chi connectivity index (χ2v) is 6.96. The fourth-order valence-corrected chi connectivity index (χ4v) is 3.46. The number of carbonyl (C=O) groups is 2. The van der Waals surface area contributed by atoms with Crippen LogP contribution in [0.15, 0.2) is 97.1 Å². The van der Waals surface area contributed by atoms with Gasteiger partial charge in [-0.1, -0.05) is 72.8 Å². The summed E-state index contributed by atoms with van der Waals surface area (Å²) in [6.07, 6.45) is 6.79. The van der Waals surface area contributed by atoms with Crippen LogP contribution in [-0.4, -0.2) is 24.9 Å². The van der Waals surface area contributed by atoms with Crippen molar-refractivity contribution in [2.24, 2.45) is 0 Å². The van der Waals surface area contributed by atoms with Gasteiger partial charge in [-0.2, -0.15) is 0 Å². The molecular formula is C26H22N2O2. The number of nitrogens with zero attached hydrogens (tertiary/aromatic N) is 2. The molecule has 3 aromatic rings. The van der Waals surface area contributed by atoms with Crippen LogP contribution in [0.3, 0.4) is 0 Å². The first-order valence-electron chi connectivity index (χ1n) is 9.91. The zero-order valence-electron chi connectivity index (χ0n) is 16.5. The fraction of sp³-hybridized carbons (Fsp3) is 0.0769. The second kappa shape index (κ2) is 9.05. The van der Waals surface area contributed by atoms with E-state index in [1.165, 1.54) is 0 Å². The van der Waals surface area contributed by atoms with Crippen LogP contribution in [0.5, 0.6) is 0 Å². The number of fused-ring (bicyclic) bond motifs is 1. The molecule has 0 N–H and O–H groups in total. The third kappa shape index (κ3) is 4.39. The predicted molar refractivity (Wildman–Crippen MR) is 122 cm³/mol. The van der Waals surface area contributed by atoms with Crippen LogP contribution in [0.1, 0.15) is 11.1 Å². The van der Waals surface area contributed by atoms with Crippen molar-refractivity contribution in [2.45, 2.75) is 0 Å². The number of anilines is 2. The van der Waals surface area contributed by atoms with Gasteiger partial charge in [0.05, 0.1) is 11.4 Å². The summed E-state index contributed by atoms with van der Waals surface area (Å²) in [4.78, 5) is 29.1. The lowest BCUT2D eigenvalue weighted by atomic mass is 10.1. The van der Waals surface area contributed by atoms with Crippen LogP contribution in [0, 0.1) is 0 Å². The average Bonchev–Trinajstić information content (AvgIpc) is 2.81. The highest BCUT2D eigenvalue weighted by Gasteiger charge is 2.27. The average molecular weight is 394 g/mol. The Balaban J connectivity index is 1.54. The van der Waals surface area contributed by atoms with Crippen molar-refractivity contribution in [1.82, 2.24) is 0 Å². The number of benzene rings is 3. The van der Waals surface area contributed by atoms with Crippen molar-refractivity contribution in [2.75, 3.05) is 22.9 Å². The van der Waals surface area contributed by atoms with Crippen LogP contribution in [0.25, 0.3) is 12.2 Å². The lowest BCUT2D eigenvalue weighted by Crippen LogP contribution is -2.45. The van der Waals surface area contributed by atoms with Gasteiger partial charge in [-0.15, -0.1) is 0 Å². The van der Waals surface area contributed by atoms with Gasteiger partial charge >= 0.3 is 0 Å². The van der Waals surface area contributed by atoms with Gasteiger partial charge < -0.3 is 9.80 Å². The van der Waals surface area contributed by atoms with Crippen molar-refractivity contribution in [1.29, 1.82) is 0 Å². The monoisotopic (exact) mass is 394 g/mol. The van der Waals surface area contributed by atoms with E-state index in [0.29, 0.717) is 13.1 Å². The molecule has 1 heterocycles. The molecule has 0 aliphatic carbocycles. The first kappa shape index (κ1) is 19.4. The molecule has 0 unspecified atom stereocenters. The quantitative estimate of drug-likeness (QED) is 0.597. The van der Waals surface area contributed by atoms with E-state index in [1.807, 2.05) is 97.1 Å². The zero-order valence-corrected chi connectivity index (χ0v) is 16.5. The highest BCUT2D eigenvalue weighted by atomic mass is 16.2. The number of hydrogen-bond acceptors (Lipinski definition) is 2. The number of carbonyl (C=O) groups excluding carboxylic acids is 2. The molecule has 1 aliphatic heterocycles. The summed E-state index contributed by atoms with van der Waals surface area (Å²) in [5, 5.41) is 0. The van der Waals surface area contributed by atoms with Gasteiger partial charge in [0.25, 0.3) is 11.8 Å². The molecule has 30 heavy (non-hydrogen) atoms. The van der Waals surface area contributed by atoms with Crippen molar-refractivity contribution in [3.05, 3.63) is 108 Å². The van der Waals surface area contributed by atoms with Crippen molar-refractivity contribution in [3.8, 4) is 0 Å². The van der Waals surface area contributed by atoms with E-state index in [4.69, 9.17) is 0 Å². The summed E-state index contributed by atoms with van der Waals surface area (Å²) in [7, 11) is 0. The Morgan fingerprint density at radius 2 is 0.933 bits per heavy atom. The van der Waals surface area contributed by atoms with Crippen LogP contribution in [0.4, 0.5) is 11.4 Å². The Labute approximate surface area is 176 Å². The molecule has 0 atom stereocenters. The minimum Gasteiger partial charge on any atom is -0.305 e. The maximum atomic E-state index is 12.8. The minimum absolute atomic E-state index is 0.0989. The van der Waals surface area contributed by atoms with Crippen molar-refractivity contribution < 1.29 is 9.59 Å². The molecular weight excluding hydrogens is 372 g/mol. The van der Waals surface area contributed by atoms with Gasteiger partial charge in [-0.05, 0) is 35.4 Å². The molecule has 4 heteroatoms. The third-order valence-corrected chi connectivity index (χ3v) is 4.98. The normalized spacial score (nSPS) is 13.6. The summed E-state index contributed by atoms with van der Waals surface area (Å²) in [5.74, 6) is -0.198. The van der Waals surface area contributed by atoms with Crippen LogP contribution >= 0.6 is 0 Å². The zero-order chi connectivity index (χ0) is 20.8. The molecule has 0 bridgehead atoms. The van der Waals surface area contributed by atoms with Gasteiger partial charge in [0.15, 0.2) is 0 Å². The first-order chi connectivity index (χ1) is 14.7. The van der Waals surface area contributed by atoms with E-state index in [1.54, 1.807) is 22.0 Å². The van der Waals surface area contributed by atoms with Crippen molar-refractivity contribution in [3.63, 3.8) is 0 Å². The van der Waals surface area contributed by atoms with Crippen molar-refractivity contribution >= 4 is 35.3 Å². The summed E-state index contributed by atoms with van der Waals surface area (Å²) < 4.78 is 0. The van der Waals surface area contributed by atoms with Gasteiger partial charge in [-0.25, -0.2) is 0 Å². The molecule has 2 amide bonds. The highest BCUT2D eigenvalue weighted by Crippen LogP contribution is 2.33. The van der Waals surface area contributed by atoms with E-state index < -0.39 is 0 Å². The Bertz CT molecular complexity index is 1000. The first-order valence-corrected chi connectivity index (χ1v) is 9.91. The summed E-state index contributed by atoms with van der Waals surface area (Å²) >= 11 is 0. The third-order valence-electron chi connectivity index (χ3n) is 4.98. The van der Waals surface area contributed by atoms with Gasteiger partial charge in [0, 0.05) is 25.2 Å². The number of para-hydroxylation sites is 2. The molecule has 0 saturated carbocycles. The molecule has 4 nitrogen and oxygen atoms in total. The van der Waals surface area contributed by atoms with Crippen LogP contribution in [-0.2, 0) is 9.59 Å². The maximum absolute atomic E-state index is 12.8. The fourth-order valence-electron chi connectivity index (χ4n) is 3.46. The Kier molecular flexibility index (Phi) is 5.85. The summed E-state index contributed by atoms with van der Waals surface area (Å²) in [5.41, 5.74) is 3.43. The van der Waals surface area contributed by atoms with Gasteiger partial charge in [0.1, 0.15) is 0 Å². The number of rotatable bonds is 4. The van der Waals surface area contributed by atoms with E-state index in [2.05, 4.69) is 0 Å². The molecule has 0 radical (unpaired) electrons. The largest absolute Gasteiger partial charge is 0.305 e. The lowest BCUT2D eigenvalue weighted by Gasteiger charge is -2.35. The molecule has 1 aliphatic rings. The molecule has 3 aromatic carbocycles. The van der Waals surface area contributed by atoms with E-state index in [9.17, 15) is 9.59 Å². The molecule has 0 fully saturated rings. The van der Waals surface area contributed by atoms with Crippen LogP contribution in [0.2, 0.25) is 0 Å². The summed E-state index contributed by atoms with van der Waals surface area (Å²) in [6.45, 7) is 0.889. The van der Waals surface area contributed by atoms with E-state index >= 15 is 0 Å².